The van der Waals surface area contributed by atoms with Crippen molar-refractivity contribution in [3.8, 4) is 11.5 Å². The Morgan fingerprint density at radius 2 is 2.14 bits per heavy atom. The van der Waals surface area contributed by atoms with Gasteiger partial charge in [0.2, 0.25) is 11.7 Å². The Hall–Kier alpha value is -2.70. The van der Waals surface area contributed by atoms with Gasteiger partial charge in [-0.2, -0.15) is 0 Å². The largest absolute Gasteiger partial charge is 0.460 e. The first-order chi connectivity index (χ1) is 9.95. The number of benzene rings is 1. The Balaban J connectivity index is 2.54. The van der Waals surface area contributed by atoms with Crippen molar-refractivity contribution >= 4 is 11.7 Å². The Morgan fingerprint density at radius 3 is 2.76 bits per heavy atom. The molecule has 2 aromatic rings. The van der Waals surface area contributed by atoms with E-state index in [9.17, 15) is 14.9 Å². The van der Waals surface area contributed by atoms with Crippen LogP contribution in [0.3, 0.4) is 0 Å². The third kappa shape index (κ3) is 2.76. The molecule has 7 nitrogen and oxygen atoms in total. The van der Waals surface area contributed by atoms with Crippen molar-refractivity contribution in [1.29, 1.82) is 0 Å². The number of ether oxygens (including phenoxy) is 1. The first kappa shape index (κ1) is 14.7. The highest BCUT2D eigenvalue weighted by Crippen LogP contribution is 2.33. The van der Waals surface area contributed by atoms with E-state index in [1.165, 1.54) is 6.07 Å². The van der Waals surface area contributed by atoms with Crippen molar-refractivity contribution in [1.82, 2.24) is 4.98 Å². The highest BCUT2D eigenvalue weighted by molar-refractivity contribution is 5.88. The van der Waals surface area contributed by atoms with Gasteiger partial charge in [-0.25, -0.2) is 9.78 Å². The molecule has 0 atom stereocenters. The molecule has 0 amide bonds. The van der Waals surface area contributed by atoms with Crippen LogP contribution < -0.4 is 0 Å². The van der Waals surface area contributed by atoms with Crippen LogP contribution >= 0.6 is 0 Å². The normalized spacial score (nSPS) is 10.4. The van der Waals surface area contributed by atoms with Gasteiger partial charge in [-0.1, -0.05) is 12.1 Å². The molecule has 110 valence electrons. The summed E-state index contributed by atoms with van der Waals surface area (Å²) in [4.78, 5) is 26.5. The van der Waals surface area contributed by atoms with Crippen LogP contribution in [0.15, 0.2) is 22.6 Å². The van der Waals surface area contributed by atoms with E-state index in [1.54, 1.807) is 32.9 Å². The Labute approximate surface area is 120 Å². The second kappa shape index (κ2) is 5.74. The molecular weight excluding hydrogens is 276 g/mol. The fourth-order valence-corrected chi connectivity index (χ4v) is 1.97. The van der Waals surface area contributed by atoms with E-state index in [-0.39, 0.29) is 29.5 Å². The van der Waals surface area contributed by atoms with Crippen molar-refractivity contribution in [2.24, 2.45) is 0 Å². The molecule has 0 radical (unpaired) electrons. The molecule has 0 saturated heterocycles. The maximum Gasteiger partial charge on any atom is 0.376 e. The molecule has 0 aliphatic carbocycles. The van der Waals surface area contributed by atoms with Crippen LogP contribution in [0.5, 0.6) is 0 Å². The third-order valence-electron chi connectivity index (χ3n) is 2.91. The lowest BCUT2D eigenvalue weighted by Gasteiger charge is -2.01. The maximum absolute atomic E-state index is 11.7. The molecular formula is C14H14N2O5. The number of nitro groups is 1. The number of hydrogen-bond donors (Lipinski definition) is 0. The molecule has 0 aliphatic rings. The number of carbonyl (C=O) groups is 1. The van der Waals surface area contributed by atoms with Gasteiger partial charge in [0.1, 0.15) is 5.56 Å². The summed E-state index contributed by atoms with van der Waals surface area (Å²) in [5.41, 5.74) is 0.970. The second-order valence-electron chi connectivity index (χ2n) is 4.38. The zero-order chi connectivity index (χ0) is 15.6. The molecule has 1 aromatic carbocycles. The van der Waals surface area contributed by atoms with Crippen molar-refractivity contribution < 1.29 is 18.9 Å². The predicted octanol–water partition coefficient (Wildman–Crippen LogP) is 3.04. The number of aryl methyl sites for hydroxylation is 2. The van der Waals surface area contributed by atoms with Crippen LogP contribution in [-0.2, 0) is 4.74 Å². The van der Waals surface area contributed by atoms with E-state index in [0.29, 0.717) is 11.3 Å². The van der Waals surface area contributed by atoms with Crippen LogP contribution in [0, 0.1) is 24.0 Å². The number of aromatic nitrogens is 1. The molecule has 0 N–H and O–H groups in total. The van der Waals surface area contributed by atoms with E-state index >= 15 is 0 Å². The zero-order valence-corrected chi connectivity index (χ0v) is 11.9. The van der Waals surface area contributed by atoms with Crippen LogP contribution in [-0.4, -0.2) is 22.5 Å². The van der Waals surface area contributed by atoms with E-state index in [1.807, 2.05) is 0 Å². The summed E-state index contributed by atoms with van der Waals surface area (Å²) in [7, 11) is 0. The smallest absolute Gasteiger partial charge is 0.376 e. The summed E-state index contributed by atoms with van der Waals surface area (Å²) in [6.45, 7) is 5.10. The van der Waals surface area contributed by atoms with Gasteiger partial charge in [0.05, 0.1) is 17.2 Å². The van der Waals surface area contributed by atoms with Crippen LogP contribution in [0.25, 0.3) is 11.5 Å². The molecule has 21 heavy (non-hydrogen) atoms. The zero-order valence-electron chi connectivity index (χ0n) is 11.9. The van der Waals surface area contributed by atoms with Gasteiger partial charge in [0.25, 0.3) is 5.69 Å². The number of carbonyl (C=O) groups excluding carboxylic acids is 1. The van der Waals surface area contributed by atoms with Crippen molar-refractivity contribution in [2.45, 2.75) is 20.8 Å². The monoisotopic (exact) mass is 290 g/mol. The fraction of sp³-hybridized carbons (Fsp3) is 0.286. The minimum Gasteiger partial charge on any atom is -0.460 e. The molecule has 7 heteroatoms. The molecule has 2 rings (SSSR count). The minimum absolute atomic E-state index is 0.0333. The van der Waals surface area contributed by atoms with Crippen LogP contribution in [0.4, 0.5) is 5.69 Å². The molecule has 0 aliphatic heterocycles. The number of nitro benzene ring substituents is 1. The molecule has 0 spiro atoms. The summed E-state index contributed by atoms with van der Waals surface area (Å²) in [5, 5.41) is 11.2. The van der Waals surface area contributed by atoms with Crippen molar-refractivity contribution in [2.75, 3.05) is 6.61 Å². The van der Waals surface area contributed by atoms with E-state index in [2.05, 4.69) is 4.98 Å². The number of rotatable bonds is 4. The Kier molecular flexibility index (Phi) is 4.02. The van der Waals surface area contributed by atoms with E-state index in [4.69, 9.17) is 9.15 Å². The summed E-state index contributed by atoms with van der Waals surface area (Å²) in [5.74, 6) is -0.641. The van der Waals surface area contributed by atoms with Gasteiger partial charge in [-0.3, -0.25) is 10.1 Å². The SMILES string of the molecule is CCOC(=O)c1oc(-c2cccc(C)c2[N+](=O)[O-])nc1C. The average molecular weight is 290 g/mol. The fourth-order valence-electron chi connectivity index (χ4n) is 1.97. The summed E-state index contributed by atoms with van der Waals surface area (Å²) >= 11 is 0. The molecule has 1 aromatic heterocycles. The van der Waals surface area contributed by atoms with E-state index < -0.39 is 10.9 Å². The summed E-state index contributed by atoms with van der Waals surface area (Å²) < 4.78 is 10.2. The average Bonchev–Trinajstić information content (AvgIpc) is 2.80. The van der Waals surface area contributed by atoms with Crippen LogP contribution in [0.2, 0.25) is 0 Å². The first-order valence-electron chi connectivity index (χ1n) is 6.34. The summed E-state index contributed by atoms with van der Waals surface area (Å²) in [6, 6.07) is 4.83. The topological polar surface area (TPSA) is 95.5 Å². The molecule has 0 fully saturated rings. The van der Waals surface area contributed by atoms with Gasteiger partial charge in [0.15, 0.2) is 0 Å². The number of esters is 1. The number of oxazole rings is 1. The lowest BCUT2D eigenvalue weighted by atomic mass is 10.1. The highest BCUT2D eigenvalue weighted by Gasteiger charge is 2.25. The second-order valence-corrected chi connectivity index (χ2v) is 4.38. The molecule has 0 unspecified atom stereocenters. The van der Waals surface area contributed by atoms with Gasteiger partial charge in [0, 0.05) is 5.56 Å². The van der Waals surface area contributed by atoms with Gasteiger partial charge >= 0.3 is 5.97 Å². The van der Waals surface area contributed by atoms with Crippen molar-refractivity contribution in [3.63, 3.8) is 0 Å². The third-order valence-corrected chi connectivity index (χ3v) is 2.91. The number of nitrogens with zero attached hydrogens (tertiary/aromatic N) is 2. The maximum atomic E-state index is 11.7. The van der Waals surface area contributed by atoms with E-state index in [0.717, 1.165) is 0 Å². The Morgan fingerprint density at radius 1 is 1.43 bits per heavy atom. The number of hydrogen-bond acceptors (Lipinski definition) is 6. The Bertz CT molecular complexity index is 705. The lowest BCUT2D eigenvalue weighted by Crippen LogP contribution is -2.04. The molecule has 1 heterocycles. The van der Waals surface area contributed by atoms with Gasteiger partial charge < -0.3 is 9.15 Å². The minimum atomic E-state index is -0.635. The molecule has 0 bridgehead atoms. The highest BCUT2D eigenvalue weighted by atomic mass is 16.6. The lowest BCUT2D eigenvalue weighted by molar-refractivity contribution is -0.384. The predicted molar refractivity (Wildman–Crippen MR) is 74.0 cm³/mol. The standard InChI is InChI=1S/C14H14N2O5/c1-4-20-14(17)12-9(3)15-13(21-12)10-7-5-6-8(2)11(10)16(18)19/h5-7H,4H2,1-3H3. The first-order valence-corrected chi connectivity index (χ1v) is 6.34. The quantitative estimate of drug-likeness (QED) is 0.488. The number of para-hydroxylation sites is 1. The van der Waals surface area contributed by atoms with Gasteiger partial charge in [-0.15, -0.1) is 0 Å². The summed E-state index contributed by atoms with van der Waals surface area (Å²) in [6.07, 6.45) is 0. The van der Waals surface area contributed by atoms with Crippen molar-refractivity contribution in [3.05, 3.63) is 45.3 Å². The molecule has 0 saturated carbocycles. The van der Waals surface area contributed by atoms with Crippen LogP contribution in [0.1, 0.15) is 28.7 Å². The van der Waals surface area contributed by atoms with Gasteiger partial charge in [-0.05, 0) is 26.8 Å².